The standard InChI is InChI=1S/C12H22N2S/c1-8(2)5-6-11-14-12(9(3)4)10(7-13)15-11/h8-9H,5-7,13H2,1-4H3. The number of nitrogens with zero attached hydrogens (tertiary/aromatic N) is 1. The number of aryl methyl sites for hydroxylation is 1. The second kappa shape index (κ2) is 5.61. The first-order chi connectivity index (χ1) is 7.04. The van der Waals surface area contributed by atoms with E-state index in [4.69, 9.17) is 10.7 Å². The first-order valence-corrected chi connectivity index (χ1v) is 6.54. The van der Waals surface area contributed by atoms with Crippen LogP contribution in [0.2, 0.25) is 0 Å². The minimum absolute atomic E-state index is 0.493. The number of rotatable bonds is 5. The molecule has 2 N–H and O–H groups in total. The summed E-state index contributed by atoms with van der Waals surface area (Å²) in [5.74, 6) is 1.24. The van der Waals surface area contributed by atoms with Crippen LogP contribution in [-0.4, -0.2) is 4.98 Å². The largest absolute Gasteiger partial charge is 0.326 e. The Morgan fingerprint density at radius 3 is 2.33 bits per heavy atom. The van der Waals surface area contributed by atoms with Crippen molar-refractivity contribution in [3.8, 4) is 0 Å². The summed E-state index contributed by atoms with van der Waals surface area (Å²) in [6.07, 6.45) is 2.32. The first-order valence-electron chi connectivity index (χ1n) is 5.73. The highest BCUT2D eigenvalue weighted by atomic mass is 32.1. The Bertz CT molecular complexity index is 303. The van der Waals surface area contributed by atoms with Crippen molar-refractivity contribution in [3.05, 3.63) is 15.6 Å². The predicted octanol–water partition coefficient (Wildman–Crippen LogP) is 3.31. The van der Waals surface area contributed by atoms with E-state index in [1.165, 1.54) is 22.0 Å². The van der Waals surface area contributed by atoms with E-state index in [0.29, 0.717) is 12.5 Å². The van der Waals surface area contributed by atoms with Gasteiger partial charge >= 0.3 is 0 Å². The van der Waals surface area contributed by atoms with Crippen LogP contribution in [0.5, 0.6) is 0 Å². The van der Waals surface area contributed by atoms with Crippen molar-refractivity contribution < 1.29 is 0 Å². The van der Waals surface area contributed by atoms with Crippen LogP contribution in [0.25, 0.3) is 0 Å². The molecule has 0 unspecified atom stereocenters. The van der Waals surface area contributed by atoms with E-state index in [2.05, 4.69) is 27.7 Å². The molecule has 1 heterocycles. The maximum Gasteiger partial charge on any atom is 0.0931 e. The fraction of sp³-hybridized carbons (Fsp3) is 0.750. The van der Waals surface area contributed by atoms with Gasteiger partial charge < -0.3 is 5.73 Å². The van der Waals surface area contributed by atoms with Crippen LogP contribution in [0.15, 0.2) is 0 Å². The Balaban J connectivity index is 2.74. The average Bonchev–Trinajstić information content (AvgIpc) is 2.57. The molecule has 0 aromatic carbocycles. The summed E-state index contributed by atoms with van der Waals surface area (Å²) >= 11 is 1.79. The lowest BCUT2D eigenvalue weighted by Gasteiger charge is -2.02. The van der Waals surface area contributed by atoms with Gasteiger partial charge in [0.1, 0.15) is 0 Å². The Morgan fingerprint density at radius 2 is 1.93 bits per heavy atom. The molecular weight excluding hydrogens is 204 g/mol. The summed E-state index contributed by atoms with van der Waals surface area (Å²) in [4.78, 5) is 5.96. The fourth-order valence-electron chi connectivity index (χ4n) is 1.53. The zero-order valence-corrected chi connectivity index (χ0v) is 11.0. The lowest BCUT2D eigenvalue weighted by molar-refractivity contribution is 0.584. The summed E-state index contributed by atoms with van der Waals surface area (Å²) in [6, 6.07) is 0. The zero-order chi connectivity index (χ0) is 11.4. The molecule has 2 nitrogen and oxygen atoms in total. The van der Waals surface area contributed by atoms with Crippen LogP contribution in [0.3, 0.4) is 0 Å². The van der Waals surface area contributed by atoms with Gasteiger partial charge in [-0.25, -0.2) is 4.98 Å². The molecule has 1 aromatic rings. The second-order valence-corrected chi connectivity index (χ2v) is 5.88. The van der Waals surface area contributed by atoms with Gasteiger partial charge in [0.2, 0.25) is 0 Å². The van der Waals surface area contributed by atoms with Gasteiger partial charge in [0, 0.05) is 11.4 Å². The molecule has 15 heavy (non-hydrogen) atoms. The summed E-state index contributed by atoms with van der Waals surface area (Å²) in [6.45, 7) is 9.50. The Morgan fingerprint density at radius 1 is 1.27 bits per heavy atom. The monoisotopic (exact) mass is 226 g/mol. The van der Waals surface area contributed by atoms with Crippen LogP contribution in [0, 0.1) is 5.92 Å². The molecule has 0 spiro atoms. The predicted molar refractivity (Wildman–Crippen MR) is 67.3 cm³/mol. The highest BCUT2D eigenvalue weighted by Crippen LogP contribution is 2.26. The molecule has 1 aromatic heterocycles. The lowest BCUT2D eigenvalue weighted by atomic mass is 10.1. The number of aromatic nitrogens is 1. The van der Waals surface area contributed by atoms with Crippen molar-refractivity contribution in [3.63, 3.8) is 0 Å². The fourth-order valence-corrected chi connectivity index (χ4v) is 2.65. The smallest absolute Gasteiger partial charge is 0.0931 e. The topological polar surface area (TPSA) is 38.9 Å². The highest BCUT2D eigenvalue weighted by Gasteiger charge is 2.12. The van der Waals surface area contributed by atoms with E-state index >= 15 is 0 Å². The SMILES string of the molecule is CC(C)CCc1nc(C(C)C)c(CN)s1. The minimum Gasteiger partial charge on any atom is -0.326 e. The van der Waals surface area contributed by atoms with Gasteiger partial charge in [-0.3, -0.25) is 0 Å². The summed E-state index contributed by atoms with van der Waals surface area (Å²) in [5, 5.41) is 1.26. The molecule has 0 amide bonds. The van der Waals surface area contributed by atoms with Crippen molar-refractivity contribution >= 4 is 11.3 Å². The van der Waals surface area contributed by atoms with Crippen molar-refractivity contribution in [1.82, 2.24) is 4.98 Å². The van der Waals surface area contributed by atoms with E-state index in [9.17, 15) is 0 Å². The quantitative estimate of drug-likeness (QED) is 0.836. The van der Waals surface area contributed by atoms with Crippen molar-refractivity contribution in [2.24, 2.45) is 11.7 Å². The van der Waals surface area contributed by atoms with E-state index in [1.807, 2.05) is 0 Å². The number of hydrogen-bond donors (Lipinski definition) is 1. The highest BCUT2D eigenvalue weighted by molar-refractivity contribution is 7.11. The average molecular weight is 226 g/mol. The Labute approximate surface area is 96.9 Å². The van der Waals surface area contributed by atoms with Gasteiger partial charge in [0.15, 0.2) is 0 Å². The summed E-state index contributed by atoms with van der Waals surface area (Å²) < 4.78 is 0. The molecule has 0 fully saturated rings. The van der Waals surface area contributed by atoms with Crippen molar-refractivity contribution in [1.29, 1.82) is 0 Å². The molecule has 0 bridgehead atoms. The third-order valence-electron chi connectivity index (χ3n) is 2.44. The molecule has 1 rings (SSSR count). The molecule has 86 valence electrons. The maximum absolute atomic E-state index is 5.73. The van der Waals surface area contributed by atoms with Gasteiger partial charge in [-0.05, 0) is 24.7 Å². The molecule has 0 aliphatic carbocycles. The number of thiazole rings is 1. The number of hydrogen-bond acceptors (Lipinski definition) is 3. The van der Waals surface area contributed by atoms with Crippen molar-refractivity contribution in [2.75, 3.05) is 0 Å². The van der Waals surface area contributed by atoms with Gasteiger partial charge in [-0.15, -0.1) is 11.3 Å². The minimum atomic E-state index is 0.493. The van der Waals surface area contributed by atoms with Crippen LogP contribution in [0.1, 0.15) is 55.6 Å². The van der Waals surface area contributed by atoms with Gasteiger partial charge in [0.05, 0.1) is 10.7 Å². The third kappa shape index (κ3) is 3.58. The summed E-state index contributed by atoms with van der Waals surface area (Å²) in [5.41, 5.74) is 6.94. The third-order valence-corrected chi connectivity index (χ3v) is 3.59. The molecule has 0 saturated carbocycles. The molecule has 0 saturated heterocycles. The van der Waals surface area contributed by atoms with E-state index in [1.54, 1.807) is 11.3 Å². The normalized spacial score (nSPS) is 11.7. The lowest BCUT2D eigenvalue weighted by Crippen LogP contribution is -1.99. The second-order valence-electron chi connectivity index (χ2n) is 4.71. The van der Waals surface area contributed by atoms with E-state index in [-0.39, 0.29) is 0 Å². The summed E-state index contributed by atoms with van der Waals surface area (Å²) in [7, 11) is 0. The van der Waals surface area contributed by atoms with E-state index < -0.39 is 0 Å². The van der Waals surface area contributed by atoms with Crippen molar-refractivity contribution in [2.45, 2.75) is 53.0 Å². The number of nitrogens with two attached hydrogens (primary N) is 1. The molecular formula is C12H22N2S. The van der Waals surface area contributed by atoms with Gasteiger partial charge in [0.25, 0.3) is 0 Å². The zero-order valence-electron chi connectivity index (χ0n) is 10.2. The van der Waals surface area contributed by atoms with Crippen LogP contribution >= 0.6 is 11.3 Å². The molecule has 0 aliphatic heterocycles. The Kier molecular flexibility index (Phi) is 4.74. The molecule has 0 radical (unpaired) electrons. The molecule has 3 heteroatoms. The molecule has 0 atom stereocenters. The Hall–Kier alpha value is -0.410. The van der Waals surface area contributed by atoms with Crippen LogP contribution < -0.4 is 5.73 Å². The van der Waals surface area contributed by atoms with Crippen LogP contribution in [-0.2, 0) is 13.0 Å². The maximum atomic E-state index is 5.73. The van der Waals surface area contributed by atoms with Crippen LogP contribution in [0.4, 0.5) is 0 Å². The first kappa shape index (κ1) is 12.7. The van der Waals surface area contributed by atoms with E-state index in [0.717, 1.165) is 12.3 Å². The van der Waals surface area contributed by atoms with Gasteiger partial charge in [-0.1, -0.05) is 27.7 Å². The van der Waals surface area contributed by atoms with Gasteiger partial charge in [-0.2, -0.15) is 0 Å². The molecule has 0 aliphatic rings.